The highest BCUT2D eigenvalue weighted by atomic mass is 15.4. The monoisotopic (exact) mass is 235 g/mol. The van der Waals surface area contributed by atoms with Crippen LogP contribution in [0.2, 0.25) is 0 Å². The van der Waals surface area contributed by atoms with E-state index in [1.54, 1.807) is 0 Å². The first-order valence-corrected chi connectivity index (χ1v) is 6.78. The van der Waals surface area contributed by atoms with Gasteiger partial charge in [0, 0.05) is 12.1 Å². The van der Waals surface area contributed by atoms with Crippen molar-refractivity contribution in [2.45, 2.75) is 65.8 Å². The Labute approximate surface area is 105 Å². The van der Waals surface area contributed by atoms with E-state index in [-0.39, 0.29) is 0 Å². The molecule has 0 radical (unpaired) electrons. The van der Waals surface area contributed by atoms with Gasteiger partial charge in [-0.25, -0.2) is 4.68 Å². The van der Waals surface area contributed by atoms with E-state index in [1.807, 2.05) is 0 Å². The molecular weight excluding hydrogens is 210 g/mol. The van der Waals surface area contributed by atoms with E-state index >= 15 is 0 Å². The van der Waals surface area contributed by atoms with Crippen LogP contribution in [0.4, 0.5) is 0 Å². The molecule has 0 N–H and O–H groups in total. The smallest absolute Gasteiger partial charge is 0.0858 e. The van der Waals surface area contributed by atoms with E-state index < -0.39 is 0 Å². The van der Waals surface area contributed by atoms with Gasteiger partial charge in [0.2, 0.25) is 0 Å². The Morgan fingerprint density at radius 3 is 2.47 bits per heavy atom. The summed E-state index contributed by atoms with van der Waals surface area (Å²) in [5, 5.41) is 8.67. The van der Waals surface area contributed by atoms with Crippen molar-refractivity contribution in [3.05, 3.63) is 11.9 Å². The van der Waals surface area contributed by atoms with Gasteiger partial charge in [0.05, 0.1) is 11.7 Å². The lowest BCUT2D eigenvalue weighted by molar-refractivity contribution is 0.227. The minimum Gasteiger partial charge on any atom is -0.249 e. The van der Waals surface area contributed by atoms with Gasteiger partial charge in [-0.1, -0.05) is 39.8 Å². The van der Waals surface area contributed by atoms with Crippen LogP contribution in [0, 0.1) is 11.3 Å². The number of hydrogen-bond donors (Lipinski definition) is 0. The Bertz CT molecular complexity index is 369. The molecule has 3 nitrogen and oxygen atoms in total. The second kappa shape index (κ2) is 4.43. The highest BCUT2D eigenvalue weighted by Gasteiger charge is 2.29. The summed E-state index contributed by atoms with van der Waals surface area (Å²) >= 11 is 0. The summed E-state index contributed by atoms with van der Waals surface area (Å²) in [6, 6.07) is 0.468. The predicted octanol–water partition coefficient (Wildman–Crippen LogP) is 3.79. The SMILES string of the molecule is CC(C)C(CC(C)(C)C)n1cc(C2CC2)nn1. The minimum absolute atomic E-state index is 0.334. The van der Waals surface area contributed by atoms with E-state index in [0.29, 0.717) is 23.3 Å². The molecule has 0 aromatic carbocycles. The molecule has 1 fully saturated rings. The summed E-state index contributed by atoms with van der Waals surface area (Å²) < 4.78 is 2.10. The van der Waals surface area contributed by atoms with Crippen molar-refractivity contribution in [1.29, 1.82) is 0 Å². The summed E-state index contributed by atoms with van der Waals surface area (Å²) in [6.07, 6.45) is 5.92. The molecular formula is C14H25N3. The average Bonchev–Trinajstić information content (AvgIpc) is 2.92. The van der Waals surface area contributed by atoms with Crippen LogP contribution in [0.25, 0.3) is 0 Å². The molecule has 1 aliphatic rings. The number of hydrogen-bond acceptors (Lipinski definition) is 2. The fraction of sp³-hybridized carbons (Fsp3) is 0.857. The summed E-state index contributed by atoms with van der Waals surface area (Å²) in [4.78, 5) is 0. The van der Waals surface area contributed by atoms with Gasteiger partial charge in [0.15, 0.2) is 0 Å². The van der Waals surface area contributed by atoms with Gasteiger partial charge in [-0.15, -0.1) is 5.10 Å². The van der Waals surface area contributed by atoms with Crippen molar-refractivity contribution in [2.24, 2.45) is 11.3 Å². The van der Waals surface area contributed by atoms with Crippen molar-refractivity contribution in [1.82, 2.24) is 15.0 Å². The zero-order valence-electron chi connectivity index (χ0n) is 11.8. The second-order valence-corrected chi connectivity index (χ2v) is 6.97. The molecule has 0 aliphatic heterocycles. The molecule has 96 valence electrons. The molecule has 1 aromatic heterocycles. The van der Waals surface area contributed by atoms with Gasteiger partial charge in [-0.3, -0.25) is 0 Å². The van der Waals surface area contributed by atoms with Crippen LogP contribution >= 0.6 is 0 Å². The van der Waals surface area contributed by atoms with Crippen LogP contribution in [0.15, 0.2) is 6.20 Å². The number of rotatable bonds is 4. The second-order valence-electron chi connectivity index (χ2n) is 6.97. The minimum atomic E-state index is 0.334. The molecule has 0 bridgehead atoms. The van der Waals surface area contributed by atoms with Gasteiger partial charge in [0.1, 0.15) is 0 Å². The van der Waals surface area contributed by atoms with Crippen LogP contribution in [-0.4, -0.2) is 15.0 Å². The summed E-state index contributed by atoms with van der Waals surface area (Å²) in [7, 11) is 0. The number of aromatic nitrogens is 3. The van der Waals surface area contributed by atoms with E-state index in [0.717, 1.165) is 6.42 Å². The molecule has 0 saturated heterocycles. The molecule has 3 heteroatoms. The van der Waals surface area contributed by atoms with Crippen molar-refractivity contribution < 1.29 is 0 Å². The Hall–Kier alpha value is -0.860. The van der Waals surface area contributed by atoms with E-state index in [1.165, 1.54) is 18.5 Å². The normalized spacial score (nSPS) is 18.7. The Balaban J connectivity index is 2.13. The zero-order valence-corrected chi connectivity index (χ0v) is 11.8. The Morgan fingerprint density at radius 2 is 2.00 bits per heavy atom. The molecule has 1 saturated carbocycles. The largest absolute Gasteiger partial charge is 0.249 e. The van der Waals surface area contributed by atoms with E-state index in [9.17, 15) is 0 Å². The van der Waals surface area contributed by atoms with Crippen molar-refractivity contribution in [3.63, 3.8) is 0 Å². The van der Waals surface area contributed by atoms with E-state index in [4.69, 9.17) is 0 Å². The van der Waals surface area contributed by atoms with Crippen LogP contribution < -0.4 is 0 Å². The predicted molar refractivity (Wildman–Crippen MR) is 69.9 cm³/mol. The summed E-state index contributed by atoms with van der Waals surface area (Å²) in [6.45, 7) is 11.4. The molecule has 0 amide bonds. The van der Waals surface area contributed by atoms with Gasteiger partial charge >= 0.3 is 0 Å². The molecule has 1 aliphatic carbocycles. The lowest BCUT2D eigenvalue weighted by atomic mass is 9.84. The highest BCUT2D eigenvalue weighted by molar-refractivity contribution is 5.09. The number of nitrogens with zero attached hydrogens (tertiary/aromatic N) is 3. The lowest BCUT2D eigenvalue weighted by Gasteiger charge is -2.28. The fourth-order valence-corrected chi connectivity index (χ4v) is 2.28. The zero-order chi connectivity index (χ0) is 12.6. The molecule has 0 spiro atoms. The maximum absolute atomic E-state index is 4.35. The third kappa shape index (κ3) is 3.30. The van der Waals surface area contributed by atoms with Gasteiger partial charge in [-0.05, 0) is 30.6 Å². The molecule has 1 heterocycles. The first-order valence-electron chi connectivity index (χ1n) is 6.78. The van der Waals surface area contributed by atoms with Crippen LogP contribution in [0.1, 0.15) is 71.5 Å². The lowest BCUT2D eigenvalue weighted by Crippen LogP contribution is -2.22. The van der Waals surface area contributed by atoms with Gasteiger partial charge in [-0.2, -0.15) is 0 Å². The van der Waals surface area contributed by atoms with Crippen LogP contribution in [0.3, 0.4) is 0 Å². The quantitative estimate of drug-likeness (QED) is 0.795. The van der Waals surface area contributed by atoms with Crippen molar-refractivity contribution >= 4 is 0 Å². The maximum atomic E-state index is 4.35. The van der Waals surface area contributed by atoms with Crippen LogP contribution in [-0.2, 0) is 0 Å². The van der Waals surface area contributed by atoms with Crippen molar-refractivity contribution in [2.75, 3.05) is 0 Å². The molecule has 2 rings (SSSR count). The average molecular weight is 235 g/mol. The summed E-state index contributed by atoms with van der Waals surface area (Å²) in [5.74, 6) is 1.30. The standard InChI is InChI=1S/C14H25N3/c1-10(2)13(8-14(3,4)5)17-9-12(15-16-17)11-6-7-11/h9-11,13H,6-8H2,1-5H3. The highest BCUT2D eigenvalue weighted by Crippen LogP contribution is 2.39. The van der Waals surface area contributed by atoms with Crippen LogP contribution in [0.5, 0.6) is 0 Å². The Kier molecular flexibility index (Phi) is 3.28. The maximum Gasteiger partial charge on any atom is 0.0858 e. The van der Waals surface area contributed by atoms with Gasteiger partial charge in [0.25, 0.3) is 0 Å². The third-order valence-electron chi connectivity index (χ3n) is 3.45. The molecule has 17 heavy (non-hydrogen) atoms. The van der Waals surface area contributed by atoms with Crippen molar-refractivity contribution in [3.8, 4) is 0 Å². The molecule has 1 aromatic rings. The summed E-state index contributed by atoms with van der Waals surface area (Å²) in [5.41, 5.74) is 1.53. The first-order chi connectivity index (χ1) is 7.87. The first kappa shape index (κ1) is 12.6. The third-order valence-corrected chi connectivity index (χ3v) is 3.45. The van der Waals surface area contributed by atoms with E-state index in [2.05, 4.69) is 55.8 Å². The van der Waals surface area contributed by atoms with Gasteiger partial charge < -0.3 is 0 Å². The fourth-order valence-electron chi connectivity index (χ4n) is 2.28. The molecule has 1 atom stereocenters. The Morgan fingerprint density at radius 1 is 1.35 bits per heavy atom. The molecule has 1 unspecified atom stereocenters. The topological polar surface area (TPSA) is 30.7 Å².